The van der Waals surface area contributed by atoms with Gasteiger partial charge in [-0.3, -0.25) is 14.1 Å². The van der Waals surface area contributed by atoms with Crippen LogP contribution in [0.3, 0.4) is 0 Å². The van der Waals surface area contributed by atoms with E-state index >= 15 is 0 Å². The van der Waals surface area contributed by atoms with E-state index < -0.39 is 15.5 Å². The summed E-state index contributed by atoms with van der Waals surface area (Å²) in [6.07, 6.45) is 3.03. The minimum absolute atomic E-state index is 0.124. The van der Waals surface area contributed by atoms with Crippen LogP contribution in [0.4, 0.5) is 18.9 Å². The number of nitrogens with one attached hydrogen (secondary N) is 1. The topological polar surface area (TPSA) is 94.2 Å². The average Bonchev–Trinajstić information content (AvgIpc) is 3.14. The van der Waals surface area contributed by atoms with Crippen molar-refractivity contribution in [2.75, 3.05) is 4.72 Å². The number of alkyl halides is 3. The highest BCUT2D eigenvalue weighted by Crippen LogP contribution is 2.41. The number of rotatable bonds is 7. The summed E-state index contributed by atoms with van der Waals surface area (Å²) in [6, 6.07) is 10.9. The molecule has 7 nitrogen and oxygen atoms in total. The molecule has 0 aliphatic heterocycles. The standard InChI is InChI=1S/C24H21BrF3N3O4S/c1-3-6-20-29-12-14(2)23(32)31(20)13-15-9-10-19-17(11-15)21(25)22(35-19)16-7-4-5-8-18(16)30-36(33,34)24(26,27)28/h4-5,7-12,30H,3,6,13H2,1-2H3. The van der Waals surface area contributed by atoms with E-state index in [0.717, 1.165) is 12.0 Å². The summed E-state index contributed by atoms with van der Waals surface area (Å²) < 4.78 is 71.8. The van der Waals surface area contributed by atoms with Crippen LogP contribution in [0.15, 0.2) is 62.3 Å². The maximum Gasteiger partial charge on any atom is 0.516 e. The number of sulfonamides is 1. The molecule has 0 spiro atoms. The molecule has 12 heteroatoms. The molecule has 0 amide bonds. The predicted octanol–water partition coefficient (Wildman–Crippen LogP) is 5.99. The Morgan fingerprint density at radius 1 is 1.17 bits per heavy atom. The first-order valence-corrected chi connectivity index (χ1v) is 13.1. The van der Waals surface area contributed by atoms with Crippen molar-refractivity contribution in [1.29, 1.82) is 0 Å². The van der Waals surface area contributed by atoms with Gasteiger partial charge in [-0.2, -0.15) is 21.6 Å². The number of furan rings is 1. The van der Waals surface area contributed by atoms with E-state index in [4.69, 9.17) is 4.42 Å². The Bertz CT molecular complexity index is 1610. The van der Waals surface area contributed by atoms with Gasteiger partial charge in [-0.25, -0.2) is 4.98 Å². The third kappa shape index (κ3) is 4.92. The molecule has 0 saturated heterocycles. The van der Waals surface area contributed by atoms with Gasteiger partial charge in [-0.05, 0) is 59.1 Å². The number of aromatic nitrogens is 2. The molecule has 2 aromatic carbocycles. The van der Waals surface area contributed by atoms with Gasteiger partial charge in [0.05, 0.1) is 16.7 Å². The lowest BCUT2D eigenvalue weighted by atomic mass is 10.1. The van der Waals surface area contributed by atoms with Crippen LogP contribution in [-0.2, 0) is 23.0 Å². The van der Waals surface area contributed by atoms with E-state index in [0.29, 0.717) is 33.3 Å². The number of aryl methyl sites for hydroxylation is 2. The molecule has 4 rings (SSSR count). The third-order valence-electron chi connectivity index (χ3n) is 5.53. The minimum atomic E-state index is -5.63. The molecule has 4 aromatic rings. The van der Waals surface area contributed by atoms with Gasteiger partial charge < -0.3 is 4.42 Å². The van der Waals surface area contributed by atoms with Crippen LogP contribution in [0.2, 0.25) is 0 Å². The normalized spacial score (nSPS) is 12.3. The number of anilines is 1. The van der Waals surface area contributed by atoms with Crippen LogP contribution < -0.4 is 10.3 Å². The van der Waals surface area contributed by atoms with Crippen molar-refractivity contribution in [2.45, 2.75) is 38.7 Å². The fourth-order valence-electron chi connectivity index (χ4n) is 3.75. The molecule has 0 aliphatic carbocycles. The Morgan fingerprint density at radius 3 is 2.58 bits per heavy atom. The van der Waals surface area contributed by atoms with Gasteiger partial charge in [0.25, 0.3) is 5.56 Å². The molecule has 2 aromatic heterocycles. The van der Waals surface area contributed by atoms with Gasteiger partial charge in [0.2, 0.25) is 0 Å². The van der Waals surface area contributed by atoms with Gasteiger partial charge in [-0.15, -0.1) is 0 Å². The van der Waals surface area contributed by atoms with E-state index in [2.05, 4.69) is 20.9 Å². The molecule has 190 valence electrons. The Morgan fingerprint density at radius 2 is 1.89 bits per heavy atom. The molecular weight excluding hydrogens is 563 g/mol. The maximum atomic E-state index is 12.9. The molecule has 36 heavy (non-hydrogen) atoms. The zero-order valence-corrected chi connectivity index (χ0v) is 21.6. The van der Waals surface area contributed by atoms with Crippen molar-refractivity contribution < 1.29 is 26.0 Å². The van der Waals surface area contributed by atoms with Crippen LogP contribution in [0.25, 0.3) is 22.3 Å². The summed E-state index contributed by atoms with van der Waals surface area (Å²) in [6.45, 7) is 3.97. The highest BCUT2D eigenvalue weighted by Gasteiger charge is 2.46. The lowest BCUT2D eigenvalue weighted by molar-refractivity contribution is -0.0429. The van der Waals surface area contributed by atoms with Gasteiger partial charge in [-0.1, -0.05) is 25.1 Å². The Hall–Kier alpha value is -3.12. The molecule has 2 heterocycles. The zero-order chi connectivity index (χ0) is 26.3. The fraction of sp³-hybridized carbons (Fsp3) is 0.250. The first-order chi connectivity index (χ1) is 16.9. The van der Waals surface area contributed by atoms with Crippen molar-refractivity contribution >= 4 is 42.6 Å². The number of hydrogen-bond acceptors (Lipinski definition) is 5. The van der Waals surface area contributed by atoms with Crippen LogP contribution in [0.1, 0.15) is 30.3 Å². The number of benzene rings is 2. The number of fused-ring (bicyclic) bond motifs is 1. The Labute approximate surface area is 213 Å². The smallest absolute Gasteiger partial charge is 0.455 e. The van der Waals surface area contributed by atoms with Crippen molar-refractivity contribution in [3.8, 4) is 11.3 Å². The number of halogens is 4. The monoisotopic (exact) mass is 583 g/mol. The summed E-state index contributed by atoms with van der Waals surface area (Å²) in [5, 5.41) is 0.613. The molecule has 0 aliphatic rings. The van der Waals surface area contributed by atoms with E-state index in [-0.39, 0.29) is 29.1 Å². The fourth-order valence-corrected chi connectivity index (χ4v) is 4.94. The summed E-state index contributed by atoms with van der Waals surface area (Å²) in [7, 11) is -5.63. The highest BCUT2D eigenvalue weighted by molar-refractivity contribution is 9.10. The van der Waals surface area contributed by atoms with E-state index in [9.17, 15) is 26.4 Å². The van der Waals surface area contributed by atoms with Crippen molar-refractivity contribution in [1.82, 2.24) is 9.55 Å². The lowest BCUT2D eigenvalue weighted by Crippen LogP contribution is -2.30. The number of nitrogens with zero attached hydrogens (tertiary/aromatic N) is 2. The largest absolute Gasteiger partial charge is 0.516 e. The quantitative estimate of drug-likeness (QED) is 0.288. The molecular formula is C24H21BrF3N3O4S. The Kier molecular flexibility index (Phi) is 7.02. The van der Waals surface area contributed by atoms with Crippen molar-refractivity contribution in [2.24, 2.45) is 0 Å². The minimum Gasteiger partial charge on any atom is -0.455 e. The molecule has 0 unspecified atom stereocenters. The predicted molar refractivity (Wildman–Crippen MR) is 134 cm³/mol. The summed E-state index contributed by atoms with van der Waals surface area (Å²) in [5.74, 6) is 0.828. The second-order valence-electron chi connectivity index (χ2n) is 8.17. The first-order valence-electron chi connectivity index (χ1n) is 10.9. The van der Waals surface area contributed by atoms with Gasteiger partial charge in [0, 0.05) is 29.1 Å². The highest BCUT2D eigenvalue weighted by atomic mass is 79.9. The summed E-state index contributed by atoms with van der Waals surface area (Å²) in [4.78, 5) is 17.2. The van der Waals surface area contributed by atoms with Crippen LogP contribution in [0.5, 0.6) is 0 Å². The molecule has 0 atom stereocenters. The summed E-state index contributed by atoms with van der Waals surface area (Å²) in [5.41, 5.74) is -4.02. The van der Waals surface area contributed by atoms with Gasteiger partial charge >= 0.3 is 15.5 Å². The molecule has 1 N–H and O–H groups in total. The van der Waals surface area contributed by atoms with E-state index in [1.807, 2.05) is 6.92 Å². The average molecular weight is 584 g/mol. The van der Waals surface area contributed by atoms with Crippen LogP contribution in [-0.4, -0.2) is 23.5 Å². The first kappa shape index (κ1) is 26.0. The SMILES string of the molecule is CCCc1ncc(C)c(=O)n1Cc1ccc2oc(-c3ccccc3NS(=O)(=O)C(F)(F)F)c(Br)c2c1. The zero-order valence-electron chi connectivity index (χ0n) is 19.2. The second kappa shape index (κ2) is 9.74. The maximum absolute atomic E-state index is 12.9. The third-order valence-corrected chi connectivity index (χ3v) is 7.41. The second-order valence-corrected chi connectivity index (χ2v) is 10.6. The molecule has 0 radical (unpaired) electrons. The Balaban J connectivity index is 1.76. The van der Waals surface area contributed by atoms with Crippen molar-refractivity contribution in [3.63, 3.8) is 0 Å². The van der Waals surface area contributed by atoms with Crippen molar-refractivity contribution in [3.05, 3.63) is 80.4 Å². The molecule has 0 saturated carbocycles. The molecule has 0 bridgehead atoms. The summed E-state index contributed by atoms with van der Waals surface area (Å²) >= 11 is 3.45. The molecule has 0 fully saturated rings. The number of hydrogen-bond donors (Lipinski definition) is 1. The van der Waals surface area contributed by atoms with Gasteiger partial charge in [0.1, 0.15) is 11.4 Å². The van der Waals surface area contributed by atoms with Gasteiger partial charge in [0.15, 0.2) is 5.76 Å². The number of para-hydroxylation sites is 1. The van der Waals surface area contributed by atoms with Crippen LogP contribution in [0, 0.1) is 6.92 Å². The van der Waals surface area contributed by atoms with Crippen LogP contribution >= 0.6 is 15.9 Å². The van der Waals surface area contributed by atoms with E-state index in [1.54, 1.807) is 46.7 Å². The lowest BCUT2D eigenvalue weighted by Gasteiger charge is -2.13. The van der Waals surface area contributed by atoms with E-state index in [1.165, 1.54) is 18.2 Å².